The zero-order valence-corrected chi connectivity index (χ0v) is 25.4. The maximum Gasteiger partial charge on any atom is 0.255 e. The second-order valence-corrected chi connectivity index (χ2v) is 12.1. The van der Waals surface area contributed by atoms with Gasteiger partial charge in [-0.05, 0) is 65.9 Å². The summed E-state index contributed by atoms with van der Waals surface area (Å²) in [5, 5.41) is 9.96. The highest BCUT2D eigenvalue weighted by Gasteiger charge is 2.19. The van der Waals surface area contributed by atoms with Gasteiger partial charge in [-0.25, -0.2) is 15.0 Å². The van der Waals surface area contributed by atoms with Crippen LogP contribution < -0.4 is 20.9 Å². The normalized spacial score (nSPS) is 13.7. The van der Waals surface area contributed by atoms with Gasteiger partial charge in [-0.1, -0.05) is 45.0 Å². The average Bonchev–Trinajstić information content (AvgIpc) is 3.39. The minimum absolute atomic E-state index is 0.0249. The highest BCUT2D eigenvalue weighted by Crippen LogP contribution is 2.31. The summed E-state index contributed by atoms with van der Waals surface area (Å²) in [4.78, 5) is 29.9. The van der Waals surface area contributed by atoms with Crippen molar-refractivity contribution in [2.75, 3.05) is 41.7 Å². The highest BCUT2D eigenvalue weighted by atomic mass is 16.1. The fourth-order valence-electron chi connectivity index (χ4n) is 5.36. The maximum absolute atomic E-state index is 13.2. The Kier molecular flexibility index (Phi) is 7.58. The molecule has 0 bridgehead atoms. The Balaban J connectivity index is 1.28. The first kappa shape index (κ1) is 28.4. The molecule has 1 fully saturated rings. The van der Waals surface area contributed by atoms with Crippen LogP contribution in [-0.2, 0) is 12.5 Å². The lowest BCUT2D eigenvalue weighted by atomic mass is 9.86. The third kappa shape index (κ3) is 5.94. The van der Waals surface area contributed by atoms with E-state index in [0.717, 1.165) is 48.6 Å². The Hall–Kier alpha value is -4.76. The lowest BCUT2D eigenvalue weighted by Gasteiger charge is -2.29. The predicted octanol–water partition coefficient (Wildman–Crippen LogP) is 6.04. The van der Waals surface area contributed by atoms with Gasteiger partial charge in [0.25, 0.3) is 5.91 Å². The number of hydrogen-bond acceptors (Lipinski definition) is 7. The summed E-state index contributed by atoms with van der Waals surface area (Å²) in [6.07, 6.45) is 1.75. The fourth-order valence-corrected chi connectivity index (χ4v) is 5.36. The van der Waals surface area contributed by atoms with Crippen LogP contribution in [0.3, 0.4) is 0 Å². The molecule has 1 aliphatic heterocycles. The Morgan fingerprint density at radius 3 is 2.35 bits per heavy atom. The van der Waals surface area contributed by atoms with Crippen molar-refractivity contribution in [3.05, 3.63) is 89.7 Å². The van der Waals surface area contributed by atoms with Crippen LogP contribution in [-0.4, -0.2) is 51.6 Å². The minimum atomic E-state index is -0.157. The molecular formula is C34H38N8O. The van der Waals surface area contributed by atoms with Crippen molar-refractivity contribution in [1.29, 1.82) is 0 Å². The molecule has 3 aromatic carbocycles. The summed E-state index contributed by atoms with van der Waals surface area (Å²) in [5.74, 6) is 1.03. The van der Waals surface area contributed by atoms with Gasteiger partial charge in [0.15, 0.2) is 22.8 Å². The molecule has 5 aromatic rings. The molecule has 220 valence electrons. The summed E-state index contributed by atoms with van der Waals surface area (Å²) in [6, 6.07) is 22.0. The molecule has 9 heteroatoms. The molecule has 43 heavy (non-hydrogen) atoms. The van der Waals surface area contributed by atoms with E-state index in [1.165, 1.54) is 11.3 Å². The van der Waals surface area contributed by atoms with E-state index in [1.807, 2.05) is 61.0 Å². The molecule has 1 amide bonds. The molecule has 0 atom stereocenters. The van der Waals surface area contributed by atoms with E-state index < -0.39 is 0 Å². The van der Waals surface area contributed by atoms with Crippen LogP contribution in [0, 0.1) is 6.92 Å². The number of nitrogens with one attached hydrogen (secondary N) is 3. The van der Waals surface area contributed by atoms with Crippen molar-refractivity contribution in [2.45, 2.75) is 33.1 Å². The molecule has 0 unspecified atom stereocenters. The second kappa shape index (κ2) is 11.5. The summed E-state index contributed by atoms with van der Waals surface area (Å²) >= 11 is 0. The zero-order valence-electron chi connectivity index (χ0n) is 25.4. The van der Waals surface area contributed by atoms with Crippen molar-refractivity contribution in [2.24, 2.45) is 7.05 Å². The molecule has 6 rings (SSSR count). The van der Waals surface area contributed by atoms with Crippen molar-refractivity contribution in [1.82, 2.24) is 24.8 Å². The zero-order chi connectivity index (χ0) is 30.1. The largest absolute Gasteiger partial charge is 0.369 e. The molecular weight excluding hydrogens is 536 g/mol. The average molecular weight is 575 g/mol. The SMILES string of the molecule is Cc1c(NC(=O)c2ccc(C(C)(C)C)cc2)cccc1-c1nc(Nc2ccc(N3CCNCC3)cc2)c2ncn(C)c2n1. The van der Waals surface area contributed by atoms with Crippen LogP contribution in [0.4, 0.5) is 22.9 Å². The summed E-state index contributed by atoms with van der Waals surface area (Å²) < 4.78 is 1.89. The molecule has 1 saturated heterocycles. The molecule has 0 spiro atoms. The number of imidazole rings is 1. The van der Waals surface area contributed by atoms with Crippen molar-refractivity contribution < 1.29 is 4.79 Å². The van der Waals surface area contributed by atoms with E-state index in [2.05, 4.69) is 70.9 Å². The molecule has 3 N–H and O–H groups in total. The quantitative estimate of drug-likeness (QED) is 0.227. The van der Waals surface area contributed by atoms with Gasteiger partial charge in [0.2, 0.25) is 0 Å². The number of piperazine rings is 1. The number of amides is 1. The van der Waals surface area contributed by atoms with Gasteiger partial charge in [-0.3, -0.25) is 4.79 Å². The maximum atomic E-state index is 13.2. The number of carbonyl (C=O) groups is 1. The standard InChI is InChI=1S/C34H38N8O/c1-22-27(7-6-8-28(22)38-33(43)23-9-11-24(12-10-23)34(2,3)4)30-39-31(29-32(40-30)41(5)21-36-29)37-25-13-15-26(16-14-25)42-19-17-35-18-20-42/h6-16,21,35H,17-20H2,1-5H3,(H,38,43)(H,37,39,40). The number of carbonyl (C=O) groups excluding carboxylic acids is 1. The Labute approximate surface area is 252 Å². The number of nitrogens with zero attached hydrogens (tertiary/aromatic N) is 5. The van der Waals surface area contributed by atoms with E-state index in [9.17, 15) is 4.79 Å². The summed E-state index contributed by atoms with van der Waals surface area (Å²) in [7, 11) is 1.92. The van der Waals surface area contributed by atoms with Gasteiger partial charge in [-0.15, -0.1) is 0 Å². The molecule has 2 aromatic heterocycles. The van der Waals surface area contributed by atoms with Crippen LogP contribution in [0.5, 0.6) is 0 Å². The molecule has 0 aliphatic carbocycles. The number of rotatable bonds is 6. The van der Waals surface area contributed by atoms with Crippen LogP contribution in [0.2, 0.25) is 0 Å². The molecule has 1 aliphatic rings. The van der Waals surface area contributed by atoms with Crippen LogP contribution in [0.25, 0.3) is 22.6 Å². The van der Waals surface area contributed by atoms with Crippen LogP contribution >= 0.6 is 0 Å². The topological polar surface area (TPSA) is 100 Å². The monoisotopic (exact) mass is 574 g/mol. The number of benzene rings is 3. The first-order chi connectivity index (χ1) is 20.7. The van der Waals surface area contributed by atoms with E-state index in [0.29, 0.717) is 28.4 Å². The van der Waals surface area contributed by atoms with Gasteiger partial charge in [0.05, 0.1) is 6.33 Å². The van der Waals surface area contributed by atoms with Gasteiger partial charge in [0.1, 0.15) is 0 Å². The van der Waals surface area contributed by atoms with Gasteiger partial charge < -0.3 is 25.4 Å². The molecule has 3 heterocycles. The first-order valence-corrected chi connectivity index (χ1v) is 14.7. The number of aryl methyl sites for hydroxylation is 1. The van der Waals surface area contributed by atoms with Gasteiger partial charge in [-0.2, -0.15) is 0 Å². The Bertz CT molecular complexity index is 1760. The van der Waals surface area contributed by atoms with Crippen molar-refractivity contribution >= 4 is 40.0 Å². The summed E-state index contributed by atoms with van der Waals surface area (Å²) in [5.41, 5.74) is 7.80. The van der Waals surface area contributed by atoms with Crippen LogP contribution in [0.1, 0.15) is 42.3 Å². The van der Waals surface area contributed by atoms with E-state index in [4.69, 9.17) is 9.97 Å². The van der Waals surface area contributed by atoms with Crippen molar-refractivity contribution in [3.63, 3.8) is 0 Å². The lowest BCUT2D eigenvalue weighted by Crippen LogP contribution is -2.43. The van der Waals surface area contributed by atoms with Crippen LogP contribution in [0.15, 0.2) is 73.1 Å². The number of fused-ring (bicyclic) bond motifs is 1. The smallest absolute Gasteiger partial charge is 0.255 e. The van der Waals surface area contributed by atoms with Gasteiger partial charge >= 0.3 is 0 Å². The molecule has 9 nitrogen and oxygen atoms in total. The third-order valence-corrected chi connectivity index (χ3v) is 8.01. The summed E-state index contributed by atoms with van der Waals surface area (Å²) in [6.45, 7) is 12.4. The van der Waals surface area contributed by atoms with Gasteiger partial charge in [0, 0.05) is 61.4 Å². The Morgan fingerprint density at radius 1 is 0.930 bits per heavy atom. The fraction of sp³-hybridized carbons (Fsp3) is 0.294. The highest BCUT2D eigenvalue weighted by molar-refractivity contribution is 6.05. The van der Waals surface area contributed by atoms with Crippen molar-refractivity contribution in [3.8, 4) is 11.4 Å². The van der Waals surface area contributed by atoms with E-state index >= 15 is 0 Å². The molecule has 0 radical (unpaired) electrons. The third-order valence-electron chi connectivity index (χ3n) is 8.01. The number of aromatic nitrogens is 4. The lowest BCUT2D eigenvalue weighted by molar-refractivity contribution is 0.102. The number of hydrogen-bond donors (Lipinski definition) is 3. The van der Waals surface area contributed by atoms with E-state index in [-0.39, 0.29) is 11.3 Å². The molecule has 0 saturated carbocycles. The predicted molar refractivity (Wildman–Crippen MR) is 174 cm³/mol. The Morgan fingerprint density at radius 2 is 1.65 bits per heavy atom. The van der Waals surface area contributed by atoms with E-state index in [1.54, 1.807) is 6.33 Å². The number of anilines is 4. The minimum Gasteiger partial charge on any atom is -0.369 e. The second-order valence-electron chi connectivity index (χ2n) is 12.1. The first-order valence-electron chi connectivity index (χ1n) is 14.7.